The lowest BCUT2D eigenvalue weighted by molar-refractivity contribution is 0.426. The van der Waals surface area contributed by atoms with Crippen molar-refractivity contribution >= 4 is 216 Å². The van der Waals surface area contributed by atoms with E-state index in [1.807, 2.05) is 0 Å². The maximum atomic E-state index is 2.98. The molecular weight excluding hydrogens is 1550 g/mol. The van der Waals surface area contributed by atoms with Crippen molar-refractivity contribution in [3.63, 3.8) is 0 Å². The molecule has 8 aliphatic heterocycles. The van der Waals surface area contributed by atoms with E-state index in [1.165, 1.54) is 26.2 Å². The van der Waals surface area contributed by atoms with Crippen molar-refractivity contribution in [2.45, 2.75) is 330 Å². The summed E-state index contributed by atoms with van der Waals surface area (Å²) in [5.41, 5.74) is 0. The first kappa shape index (κ1) is 96.6. The Hall–Kier alpha value is 4.57. The van der Waals surface area contributed by atoms with E-state index in [0.717, 1.165) is 24.2 Å². The summed E-state index contributed by atoms with van der Waals surface area (Å²) in [5.74, 6) is 0. The van der Waals surface area contributed by atoms with Gasteiger partial charge in [0.2, 0.25) is 0 Å². The zero-order valence-electron chi connectivity index (χ0n) is 72.1. The lowest BCUT2D eigenvalue weighted by atomic mass is 10.4. The van der Waals surface area contributed by atoms with Gasteiger partial charge >= 0.3 is 0 Å². The molecule has 94 heavy (non-hydrogen) atoms. The summed E-state index contributed by atoms with van der Waals surface area (Å²) in [6.07, 6.45) is 0. The predicted octanol–water partition coefficient (Wildman–Crippen LogP) is 5.72. The van der Waals surface area contributed by atoms with Crippen LogP contribution in [-0.4, -0.2) is 332 Å². The SMILES string of the molecule is CC(C)N1[SiH](C)N([SiH](C)C)[SiH]1C.CC(C)N1[SiH](C)N([SiH](C)C)[Si]1(C)C.CC(C)N1[SiH](C)N([Si](C)(C)C)[SiH]1C.CCN1[SiH](C)N([SiH2]C)[SiH]1C.CCN1[SiH](C)N([SiH](C)C)[SiH]1C.CCN1[SiH](C)N([SiH](C)C)[Si]1(C)C.CCN1[SiH](C)N([Si](C)(C)C)[SiH]1C.C[SiH2]N1[SiH](C)N(C(C)C)[SiH]1C. The maximum absolute atomic E-state index is 2.98. The van der Waals surface area contributed by atoms with Gasteiger partial charge in [-0.3, -0.25) is 0 Å². The lowest BCUT2D eigenvalue weighted by Crippen LogP contribution is -2.86. The monoisotopic (exact) mass is 1720 g/mol. The number of rotatable bonds is 16. The minimum Gasteiger partial charge on any atom is -0.355 e. The van der Waals surface area contributed by atoms with Gasteiger partial charge in [-0.2, -0.15) is 0 Å². The van der Waals surface area contributed by atoms with Crippen LogP contribution in [0.3, 0.4) is 0 Å². The highest BCUT2D eigenvalue weighted by molar-refractivity contribution is 7.05. The van der Waals surface area contributed by atoms with Crippen molar-refractivity contribution in [2.24, 2.45) is 0 Å². The molecule has 8 fully saturated rings. The molecule has 0 aromatic carbocycles. The van der Waals surface area contributed by atoms with Gasteiger partial charge in [0, 0.05) is 0 Å². The van der Waals surface area contributed by atoms with Crippen LogP contribution in [0.15, 0.2) is 0 Å². The summed E-state index contributed by atoms with van der Waals surface area (Å²) in [4.78, 5) is 0. The quantitative estimate of drug-likeness (QED) is 0.177. The first-order valence-electron chi connectivity index (χ1n) is 39.1. The van der Waals surface area contributed by atoms with Gasteiger partial charge in [-0.25, -0.2) is 0 Å². The molecule has 8 rings (SSSR count). The topological polar surface area (TPSA) is 51.8 Å². The van der Waals surface area contributed by atoms with Crippen molar-refractivity contribution in [1.82, 2.24) is 65.0 Å². The summed E-state index contributed by atoms with van der Waals surface area (Å²) in [6, 6.07) is 3.23. The largest absolute Gasteiger partial charge is 0.355 e. The molecule has 8 aliphatic rings. The van der Waals surface area contributed by atoms with Gasteiger partial charge in [0.05, 0.1) is 55.2 Å². The van der Waals surface area contributed by atoms with E-state index in [4.69, 9.17) is 0 Å². The van der Waals surface area contributed by atoms with Crippen LogP contribution in [0, 0.1) is 0 Å². The fourth-order valence-corrected chi connectivity index (χ4v) is 161. The molecule has 8 heterocycles. The molecule has 0 aromatic rings. The Bertz CT molecular complexity index is 2000. The fraction of sp³-hybridized carbons (Fsp3) is 1.00. The highest BCUT2D eigenvalue weighted by Gasteiger charge is 2.56. The van der Waals surface area contributed by atoms with Crippen LogP contribution in [-0.2, 0) is 0 Å². The summed E-state index contributed by atoms with van der Waals surface area (Å²) in [6.45, 7) is 118. The lowest BCUT2D eigenvalue weighted by Gasteiger charge is -2.65. The average molecular weight is 1720 g/mol. The van der Waals surface area contributed by atoms with Crippen molar-refractivity contribution in [3.8, 4) is 0 Å². The van der Waals surface area contributed by atoms with Crippen molar-refractivity contribution < 1.29 is 0 Å². The van der Waals surface area contributed by atoms with Crippen LogP contribution in [0.2, 0.25) is 223 Å². The highest BCUT2D eigenvalue weighted by Crippen LogP contribution is 2.35. The van der Waals surface area contributed by atoms with Crippen LogP contribution in [0.1, 0.15) is 83.1 Å². The van der Waals surface area contributed by atoms with E-state index in [-0.39, 0.29) is 19.4 Å². The molecule has 564 valence electrons. The Labute approximate surface area is 631 Å². The second-order valence-corrected chi connectivity index (χ2v) is 119. The Morgan fingerprint density at radius 1 is 0.330 bits per heavy atom. The van der Waals surface area contributed by atoms with Crippen LogP contribution < -0.4 is 0 Å². The van der Waals surface area contributed by atoms with Crippen LogP contribution in [0.4, 0.5) is 0 Å². The number of hydrogen-bond acceptors (Lipinski definition) is 16. The third-order valence-electron chi connectivity index (χ3n) is 23.3. The van der Waals surface area contributed by atoms with Gasteiger partial charge in [-0.15, -0.1) is 0 Å². The highest BCUT2D eigenvalue weighted by atomic mass is 28.5. The summed E-state index contributed by atoms with van der Waals surface area (Å²) in [7, 11) is -13.5. The van der Waals surface area contributed by atoms with Gasteiger partial charge in [0.25, 0.3) is 0 Å². The molecular formula is C54H172N16Si24. The molecule has 0 bridgehead atoms. The predicted molar refractivity (Wildman–Crippen MR) is 500 cm³/mol. The third-order valence-corrected chi connectivity index (χ3v) is 163. The zero-order valence-corrected chi connectivity index (χ0v) is 99.7. The van der Waals surface area contributed by atoms with Crippen LogP contribution in [0.5, 0.6) is 0 Å². The van der Waals surface area contributed by atoms with E-state index in [1.54, 1.807) is 0 Å². The molecule has 14 unspecified atom stereocenters. The molecule has 16 nitrogen and oxygen atoms in total. The van der Waals surface area contributed by atoms with Crippen molar-refractivity contribution in [1.29, 1.82) is 0 Å². The molecule has 0 spiro atoms. The molecule has 0 radical (unpaired) electrons. The first-order chi connectivity index (χ1) is 42.7. The van der Waals surface area contributed by atoms with Gasteiger partial charge in [-0.1, -0.05) is 188 Å². The molecule has 40 heteroatoms. The molecule has 0 aromatic heterocycles. The number of hydrogen-bond donors (Lipinski definition) is 0. The second-order valence-electron chi connectivity index (χ2n) is 34.1. The van der Waals surface area contributed by atoms with Crippen LogP contribution >= 0.6 is 0 Å². The van der Waals surface area contributed by atoms with E-state index < -0.39 is 197 Å². The summed E-state index contributed by atoms with van der Waals surface area (Å²) >= 11 is 0. The second kappa shape index (κ2) is 41.2. The smallest absolute Gasteiger partial charge is 0.182 e. The van der Waals surface area contributed by atoms with E-state index >= 15 is 0 Å². The zero-order chi connectivity index (χ0) is 74.2. The first-order valence-corrected chi connectivity index (χ1v) is 97.8. The summed E-state index contributed by atoms with van der Waals surface area (Å²) < 4.78 is 46.3. The van der Waals surface area contributed by atoms with Gasteiger partial charge in [0.15, 0.2) is 144 Å². The standard InChI is InChI=1S/2C8H24N2Si3.3C7H22N2Si3.2C6H20N2Si3.C5H18N2Si3/c1-8(2)9-11(3)10(12(9)4)13(5,6)7;1-8(2)9-12(5)10(11(3)4)13(9,6)7;1-7-8-10(2)9(11(8)3)12(4,5)6;1-7-8-11(4)9(10(2)3)12(8,5)6;1-7(2)8-11(5)9(10(3)4)12(8)6;1-6-7-10(4)8(9(2)3)11(7)5;1-6(2)7-10(4)8(9-3)11(7)5;1-5-6-9(3)7(8-2)10(6)4/h2*8,11-12H,1-7H3;2*10-11H,7H2,1-6H3;7,10-12H,1-6H3;9-11H,6H2,1-5H3;6,10-11H,9H2,1-5H3;9-10H,5,8H2,1-4H3. The Balaban J connectivity index is 0.000000538. The van der Waals surface area contributed by atoms with Crippen molar-refractivity contribution in [2.75, 3.05) is 26.2 Å². The normalized spacial score (nSPS) is 33.1. The van der Waals surface area contributed by atoms with E-state index in [9.17, 15) is 0 Å². The van der Waals surface area contributed by atoms with Crippen LogP contribution in [0.25, 0.3) is 0 Å². The molecule has 0 saturated carbocycles. The Morgan fingerprint density at radius 2 is 0.606 bits per heavy atom. The third kappa shape index (κ3) is 22.8. The van der Waals surface area contributed by atoms with E-state index in [2.05, 4.69) is 371 Å². The molecule has 8 saturated heterocycles. The Kier molecular flexibility index (Phi) is 42.3. The molecule has 0 N–H and O–H groups in total. The average Bonchev–Trinajstić information content (AvgIpc) is 0.743. The molecule has 0 amide bonds. The van der Waals surface area contributed by atoms with E-state index in [0.29, 0.717) is 0 Å². The fourth-order valence-electron chi connectivity index (χ4n) is 20.6. The number of nitrogens with zero attached hydrogens (tertiary/aromatic N) is 16. The van der Waals surface area contributed by atoms with Gasteiger partial charge < -0.3 is 65.0 Å². The molecule has 0 aliphatic carbocycles. The van der Waals surface area contributed by atoms with Gasteiger partial charge in [0.1, 0.15) is 16.5 Å². The molecule has 14 atom stereocenters. The minimum atomic E-state index is -1.11. The van der Waals surface area contributed by atoms with Crippen molar-refractivity contribution in [3.05, 3.63) is 0 Å². The minimum absolute atomic E-state index is 0.182. The Morgan fingerprint density at radius 3 is 0.862 bits per heavy atom. The maximum Gasteiger partial charge on any atom is 0.182 e. The van der Waals surface area contributed by atoms with Gasteiger partial charge in [-0.05, 0) is 168 Å². The summed E-state index contributed by atoms with van der Waals surface area (Å²) in [5, 5.41) is 0.